The fourth-order valence-corrected chi connectivity index (χ4v) is 4.35. The molecule has 8 heteroatoms. The lowest BCUT2D eigenvalue weighted by Crippen LogP contribution is -2.22. The monoisotopic (exact) mass is 375 g/mol. The average molecular weight is 375 g/mol. The molecule has 26 heavy (non-hydrogen) atoms. The topological polar surface area (TPSA) is 103 Å². The Morgan fingerprint density at radius 1 is 1.04 bits per heavy atom. The SMILES string of the molecule is COc1cc(NC(=O)Nc2sc3c(c2C(N)=O)CCCC3)cc(OC)c1. The molecule has 1 aromatic heterocycles. The largest absolute Gasteiger partial charge is 0.497 e. The standard InChI is InChI=1S/C18H21N3O4S/c1-24-11-7-10(8-12(9-11)25-2)20-18(23)21-17-15(16(19)22)13-5-3-4-6-14(13)26-17/h7-9H,3-6H2,1-2H3,(H2,19,22)(H2,20,21,23). The molecular formula is C18H21N3O4S. The van der Waals surface area contributed by atoms with Gasteiger partial charge in [-0.2, -0.15) is 0 Å². The lowest BCUT2D eigenvalue weighted by Gasteiger charge is -2.12. The van der Waals surface area contributed by atoms with Crippen molar-refractivity contribution in [2.24, 2.45) is 5.73 Å². The number of carbonyl (C=O) groups is 2. The van der Waals surface area contributed by atoms with Crippen LogP contribution in [0.3, 0.4) is 0 Å². The molecule has 7 nitrogen and oxygen atoms in total. The van der Waals surface area contributed by atoms with E-state index in [1.54, 1.807) is 18.2 Å². The Bertz CT molecular complexity index is 825. The van der Waals surface area contributed by atoms with Crippen molar-refractivity contribution < 1.29 is 19.1 Å². The Labute approximate surface area is 155 Å². The van der Waals surface area contributed by atoms with Gasteiger partial charge in [0.15, 0.2) is 0 Å². The molecule has 0 aliphatic heterocycles. The second kappa shape index (κ2) is 7.65. The summed E-state index contributed by atoms with van der Waals surface area (Å²) in [6, 6.07) is 4.61. The first-order valence-electron chi connectivity index (χ1n) is 8.27. The molecular weight excluding hydrogens is 354 g/mol. The molecule has 4 N–H and O–H groups in total. The predicted octanol–water partition coefficient (Wildman–Crippen LogP) is 3.39. The summed E-state index contributed by atoms with van der Waals surface area (Å²) in [5, 5.41) is 5.99. The highest BCUT2D eigenvalue weighted by molar-refractivity contribution is 7.17. The molecule has 1 heterocycles. The van der Waals surface area contributed by atoms with Crippen molar-refractivity contribution in [2.75, 3.05) is 24.9 Å². The molecule has 0 atom stereocenters. The highest BCUT2D eigenvalue weighted by Crippen LogP contribution is 2.38. The van der Waals surface area contributed by atoms with Gasteiger partial charge in [0.25, 0.3) is 5.91 Å². The molecule has 1 aromatic carbocycles. The van der Waals surface area contributed by atoms with E-state index < -0.39 is 11.9 Å². The van der Waals surface area contributed by atoms with Crippen molar-refractivity contribution in [2.45, 2.75) is 25.7 Å². The number of primary amides is 1. The number of anilines is 2. The molecule has 0 bridgehead atoms. The van der Waals surface area contributed by atoms with Crippen molar-refractivity contribution in [3.8, 4) is 11.5 Å². The van der Waals surface area contributed by atoms with Crippen LogP contribution < -0.4 is 25.8 Å². The first-order chi connectivity index (χ1) is 12.5. The number of ether oxygens (including phenoxy) is 2. The minimum atomic E-state index is -0.511. The Kier molecular flexibility index (Phi) is 5.32. The van der Waals surface area contributed by atoms with Crippen LogP contribution in [-0.2, 0) is 12.8 Å². The molecule has 3 amide bonds. The summed E-state index contributed by atoms with van der Waals surface area (Å²) >= 11 is 1.42. The summed E-state index contributed by atoms with van der Waals surface area (Å²) < 4.78 is 10.4. The number of methoxy groups -OCH3 is 2. The molecule has 1 aliphatic rings. The molecule has 0 saturated carbocycles. The maximum absolute atomic E-state index is 12.4. The Morgan fingerprint density at radius 3 is 2.31 bits per heavy atom. The number of nitrogens with one attached hydrogen (secondary N) is 2. The lowest BCUT2D eigenvalue weighted by atomic mass is 9.95. The third-order valence-electron chi connectivity index (χ3n) is 4.25. The first kappa shape index (κ1) is 18.1. The molecule has 0 spiro atoms. The second-order valence-electron chi connectivity index (χ2n) is 5.96. The first-order valence-corrected chi connectivity index (χ1v) is 9.09. The van der Waals surface area contributed by atoms with Gasteiger partial charge < -0.3 is 20.5 Å². The van der Waals surface area contributed by atoms with Crippen LogP contribution in [0.25, 0.3) is 0 Å². The van der Waals surface area contributed by atoms with Gasteiger partial charge in [-0.05, 0) is 31.2 Å². The smallest absolute Gasteiger partial charge is 0.324 e. The van der Waals surface area contributed by atoms with Crippen LogP contribution in [0.5, 0.6) is 11.5 Å². The van der Waals surface area contributed by atoms with Gasteiger partial charge in [0.05, 0.1) is 19.8 Å². The van der Waals surface area contributed by atoms with E-state index in [1.165, 1.54) is 25.6 Å². The quantitative estimate of drug-likeness (QED) is 0.745. The lowest BCUT2D eigenvalue weighted by molar-refractivity contribution is 0.100. The predicted molar refractivity (Wildman–Crippen MR) is 102 cm³/mol. The van der Waals surface area contributed by atoms with E-state index in [9.17, 15) is 9.59 Å². The van der Waals surface area contributed by atoms with Gasteiger partial charge in [0.2, 0.25) is 0 Å². The average Bonchev–Trinajstić information content (AvgIpc) is 2.98. The van der Waals surface area contributed by atoms with Crippen molar-refractivity contribution in [1.29, 1.82) is 0 Å². The summed E-state index contributed by atoms with van der Waals surface area (Å²) in [5.74, 6) is 0.607. The van der Waals surface area contributed by atoms with Gasteiger partial charge in [-0.15, -0.1) is 11.3 Å². The number of nitrogens with two attached hydrogens (primary N) is 1. The number of carbonyl (C=O) groups excluding carboxylic acids is 2. The zero-order valence-corrected chi connectivity index (χ0v) is 15.5. The van der Waals surface area contributed by atoms with E-state index in [-0.39, 0.29) is 0 Å². The van der Waals surface area contributed by atoms with Gasteiger partial charge in [-0.1, -0.05) is 0 Å². The van der Waals surface area contributed by atoms with E-state index in [1.807, 2.05) is 0 Å². The number of fused-ring (bicyclic) bond motifs is 1. The van der Waals surface area contributed by atoms with Crippen LogP contribution in [0.15, 0.2) is 18.2 Å². The van der Waals surface area contributed by atoms with Gasteiger partial charge >= 0.3 is 6.03 Å². The zero-order chi connectivity index (χ0) is 18.7. The third kappa shape index (κ3) is 3.75. The van der Waals surface area contributed by atoms with E-state index in [0.29, 0.717) is 27.8 Å². The molecule has 0 radical (unpaired) electrons. The van der Waals surface area contributed by atoms with E-state index >= 15 is 0 Å². The number of rotatable bonds is 5. The molecule has 0 unspecified atom stereocenters. The van der Waals surface area contributed by atoms with Crippen LogP contribution in [0.1, 0.15) is 33.6 Å². The zero-order valence-electron chi connectivity index (χ0n) is 14.7. The van der Waals surface area contributed by atoms with Crippen LogP contribution in [0.2, 0.25) is 0 Å². The number of aryl methyl sites for hydroxylation is 1. The van der Waals surface area contributed by atoms with Crippen LogP contribution in [-0.4, -0.2) is 26.2 Å². The third-order valence-corrected chi connectivity index (χ3v) is 5.46. The minimum Gasteiger partial charge on any atom is -0.497 e. The maximum atomic E-state index is 12.4. The molecule has 3 rings (SSSR count). The van der Waals surface area contributed by atoms with Crippen molar-refractivity contribution in [3.05, 3.63) is 34.2 Å². The summed E-state index contributed by atoms with van der Waals surface area (Å²) in [4.78, 5) is 25.4. The number of thiophene rings is 1. The van der Waals surface area contributed by atoms with Crippen molar-refractivity contribution >= 4 is 34.0 Å². The van der Waals surface area contributed by atoms with Gasteiger partial charge in [-0.25, -0.2) is 4.79 Å². The summed E-state index contributed by atoms with van der Waals surface area (Å²) in [7, 11) is 3.07. The number of benzene rings is 1. The van der Waals surface area contributed by atoms with E-state index in [0.717, 1.165) is 36.1 Å². The van der Waals surface area contributed by atoms with E-state index in [2.05, 4.69) is 10.6 Å². The second-order valence-corrected chi connectivity index (χ2v) is 7.06. The number of hydrogen-bond acceptors (Lipinski definition) is 5. The highest BCUT2D eigenvalue weighted by Gasteiger charge is 2.25. The molecule has 138 valence electrons. The van der Waals surface area contributed by atoms with Gasteiger partial charge in [0, 0.05) is 28.8 Å². The molecule has 2 aromatic rings. The van der Waals surface area contributed by atoms with Crippen LogP contribution in [0.4, 0.5) is 15.5 Å². The van der Waals surface area contributed by atoms with Crippen LogP contribution in [0, 0.1) is 0 Å². The summed E-state index contributed by atoms with van der Waals surface area (Å²) in [6.07, 6.45) is 3.84. The molecule has 0 fully saturated rings. The van der Waals surface area contributed by atoms with Gasteiger partial charge in [0.1, 0.15) is 16.5 Å². The molecule has 1 aliphatic carbocycles. The maximum Gasteiger partial charge on any atom is 0.324 e. The normalized spacial score (nSPS) is 12.8. The summed E-state index contributed by atoms with van der Waals surface area (Å²) in [6.45, 7) is 0. The Morgan fingerprint density at radius 2 is 1.69 bits per heavy atom. The van der Waals surface area contributed by atoms with Crippen LogP contribution >= 0.6 is 11.3 Å². The molecule has 0 saturated heterocycles. The van der Waals surface area contributed by atoms with Gasteiger partial charge in [-0.3, -0.25) is 10.1 Å². The number of amides is 3. The fraction of sp³-hybridized carbons (Fsp3) is 0.333. The fourth-order valence-electron chi connectivity index (χ4n) is 3.06. The van der Waals surface area contributed by atoms with Crippen molar-refractivity contribution in [3.63, 3.8) is 0 Å². The number of hydrogen-bond donors (Lipinski definition) is 3. The summed E-state index contributed by atoms with van der Waals surface area (Å²) in [5.41, 5.74) is 7.48. The Balaban J connectivity index is 1.81. The highest BCUT2D eigenvalue weighted by atomic mass is 32.1. The van der Waals surface area contributed by atoms with E-state index in [4.69, 9.17) is 15.2 Å². The van der Waals surface area contributed by atoms with Crippen molar-refractivity contribution in [1.82, 2.24) is 0 Å². The number of urea groups is 1. The minimum absolute atomic E-state index is 0.433. The Hall–Kier alpha value is -2.74.